The molecular weight excluding hydrogens is 318 g/mol. The lowest BCUT2D eigenvalue weighted by Crippen LogP contribution is -2.42. The van der Waals surface area contributed by atoms with Gasteiger partial charge in [0.25, 0.3) is 0 Å². The van der Waals surface area contributed by atoms with Crippen molar-refractivity contribution in [3.63, 3.8) is 0 Å². The predicted octanol–water partition coefficient (Wildman–Crippen LogP) is 2.78. The number of anilines is 1. The van der Waals surface area contributed by atoms with Crippen molar-refractivity contribution in [3.8, 4) is 0 Å². The van der Waals surface area contributed by atoms with Crippen LogP contribution in [0.5, 0.6) is 0 Å². The minimum atomic E-state index is -0.0557. The van der Waals surface area contributed by atoms with Crippen LogP contribution in [0.2, 0.25) is 0 Å². The van der Waals surface area contributed by atoms with Gasteiger partial charge in [-0.15, -0.1) is 0 Å². The Labute approximate surface area is 149 Å². The first kappa shape index (κ1) is 19.2. The minimum absolute atomic E-state index is 0.0541. The van der Waals surface area contributed by atoms with Gasteiger partial charge in [0.05, 0.1) is 6.61 Å². The van der Waals surface area contributed by atoms with Gasteiger partial charge in [-0.25, -0.2) is 4.79 Å². The number of aryl methyl sites for hydroxylation is 1. The fourth-order valence-corrected chi connectivity index (χ4v) is 3.13. The van der Waals surface area contributed by atoms with Crippen LogP contribution in [-0.2, 0) is 9.53 Å². The van der Waals surface area contributed by atoms with E-state index < -0.39 is 0 Å². The summed E-state index contributed by atoms with van der Waals surface area (Å²) in [5.41, 5.74) is 1.94. The fraction of sp³-hybridized carbons (Fsp3) is 0.579. The van der Waals surface area contributed by atoms with Gasteiger partial charge in [-0.3, -0.25) is 4.79 Å². The molecule has 0 aliphatic carbocycles. The first-order chi connectivity index (χ1) is 12.1. The normalized spacial score (nSPS) is 17.2. The summed E-state index contributed by atoms with van der Waals surface area (Å²) in [5, 5.41) is 5.80. The molecule has 1 aromatic carbocycles. The molecule has 0 spiro atoms. The number of amides is 3. The Morgan fingerprint density at radius 3 is 2.96 bits per heavy atom. The van der Waals surface area contributed by atoms with Crippen LogP contribution in [0, 0.1) is 12.8 Å². The molecule has 6 heteroatoms. The van der Waals surface area contributed by atoms with Gasteiger partial charge in [-0.1, -0.05) is 12.1 Å². The highest BCUT2D eigenvalue weighted by Gasteiger charge is 2.24. The Bertz CT molecular complexity index is 577. The van der Waals surface area contributed by atoms with Gasteiger partial charge in [0.2, 0.25) is 5.91 Å². The molecule has 25 heavy (non-hydrogen) atoms. The molecule has 138 valence electrons. The van der Waals surface area contributed by atoms with E-state index in [0.29, 0.717) is 32.0 Å². The van der Waals surface area contributed by atoms with Crippen molar-refractivity contribution >= 4 is 17.6 Å². The number of methoxy groups -OCH3 is 1. The van der Waals surface area contributed by atoms with Crippen LogP contribution in [0.1, 0.15) is 31.2 Å². The lowest BCUT2D eigenvalue weighted by atomic mass is 9.93. The number of carbonyl (C=O) groups excluding carboxylic acids is 2. The molecule has 1 fully saturated rings. The highest BCUT2D eigenvalue weighted by Crippen LogP contribution is 2.22. The summed E-state index contributed by atoms with van der Waals surface area (Å²) in [5.74, 6) is 0.434. The average molecular weight is 347 g/mol. The first-order valence-electron chi connectivity index (χ1n) is 8.96. The van der Waals surface area contributed by atoms with Crippen molar-refractivity contribution in [1.29, 1.82) is 0 Å². The number of likely N-dealkylation sites (tertiary alicyclic amines) is 1. The van der Waals surface area contributed by atoms with E-state index in [1.54, 1.807) is 7.11 Å². The molecule has 0 aromatic heterocycles. The number of carbonyl (C=O) groups is 2. The molecule has 2 rings (SSSR count). The third-order valence-electron chi connectivity index (χ3n) is 4.48. The van der Waals surface area contributed by atoms with Gasteiger partial charge in [0, 0.05) is 38.9 Å². The van der Waals surface area contributed by atoms with Gasteiger partial charge in [0.15, 0.2) is 0 Å². The number of benzene rings is 1. The van der Waals surface area contributed by atoms with Crippen molar-refractivity contribution in [3.05, 3.63) is 29.8 Å². The lowest BCUT2D eigenvalue weighted by molar-refractivity contribution is -0.121. The zero-order chi connectivity index (χ0) is 18.1. The molecule has 6 nitrogen and oxygen atoms in total. The van der Waals surface area contributed by atoms with Crippen molar-refractivity contribution in [2.24, 2.45) is 5.92 Å². The number of nitrogens with one attached hydrogen (secondary N) is 2. The van der Waals surface area contributed by atoms with E-state index >= 15 is 0 Å². The summed E-state index contributed by atoms with van der Waals surface area (Å²) >= 11 is 0. The quantitative estimate of drug-likeness (QED) is 0.745. The summed E-state index contributed by atoms with van der Waals surface area (Å²) < 4.78 is 4.92. The Balaban J connectivity index is 1.76. The monoisotopic (exact) mass is 347 g/mol. The van der Waals surface area contributed by atoms with E-state index in [-0.39, 0.29) is 11.9 Å². The molecule has 0 bridgehead atoms. The smallest absolute Gasteiger partial charge is 0.321 e. The second-order valence-electron chi connectivity index (χ2n) is 6.64. The van der Waals surface area contributed by atoms with Crippen molar-refractivity contribution < 1.29 is 14.3 Å². The van der Waals surface area contributed by atoms with Crippen LogP contribution in [0.3, 0.4) is 0 Å². The van der Waals surface area contributed by atoms with Crippen LogP contribution in [-0.4, -0.2) is 50.2 Å². The van der Waals surface area contributed by atoms with E-state index in [0.717, 1.165) is 37.1 Å². The highest BCUT2D eigenvalue weighted by molar-refractivity contribution is 5.89. The Hall–Kier alpha value is -2.08. The summed E-state index contributed by atoms with van der Waals surface area (Å²) in [7, 11) is 1.62. The zero-order valence-corrected chi connectivity index (χ0v) is 15.2. The third kappa shape index (κ3) is 6.74. The van der Waals surface area contributed by atoms with E-state index in [9.17, 15) is 9.59 Å². The molecule has 1 atom stereocenters. The summed E-state index contributed by atoms with van der Waals surface area (Å²) in [6.07, 6.45) is 3.37. The minimum Gasteiger partial charge on any atom is -0.383 e. The largest absolute Gasteiger partial charge is 0.383 e. The number of urea groups is 1. The molecule has 1 aliphatic heterocycles. The van der Waals surface area contributed by atoms with Crippen LogP contribution in [0.4, 0.5) is 10.5 Å². The second kappa shape index (κ2) is 10.0. The standard InChI is InChI=1S/C19H29N3O3/c1-15-5-3-7-17(13-15)21-19(24)22-11-4-6-16(14-22)8-9-18(23)20-10-12-25-2/h3,5,7,13,16H,4,6,8-12,14H2,1-2H3,(H,20,23)(H,21,24)/t16-/m0/s1. The van der Waals surface area contributed by atoms with Gasteiger partial charge >= 0.3 is 6.03 Å². The molecule has 1 heterocycles. The molecule has 0 unspecified atom stereocenters. The van der Waals surface area contributed by atoms with E-state index in [4.69, 9.17) is 4.74 Å². The van der Waals surface area contributed by atoms with Crippen LogP contribution >= 0.6 is 0 Å². The van der Waals surface area contributed by atoms with Gasteiger partial charge < -0.3 is 20.3 Å². The summed E-state index contributed by atoms with van der Waals surface area (Å²) in [6.45, 7) is 4.56. The van der Waals surface area contributed by atoms with Gasteiger partial charge in [-0.2, -0.15) is 0 Å². The maximum Gasteiger partial charge on any atom is 0.321 e. The van der Waals surface area contributed by atoms with Gasteiger partial charge in [0.1, 0.15) is 0 Å². The Kier molecular flexibility index (Phi) is 7.73. The molecule has 1 saturated heterocycles. The number of piperidine rings is 1. The predicted molar refractivity (Wildman–Crippen MR) is 98.6 cm³/mol. The SMILES string of the molecule is COCCNC(=O)CC[C@@H]1CCCN(C(=O)Nc2cccc(C)c2)C1. The van der Waals surface area contributed by atoms with Crippen LogP contribution in [0.25, 0.3) is 0 Å². The molecule has 0 radical (unpaired) electrons. The molecule has 1 aliphatic rings. The first-order valence-corrected chi connectivity index (χ1v) is 8.96. The van der Waals surface area contributed by atoms with Crippen molar-refractivity contribution in [2.45, 2.75) is 32.6 Å². The second-order valence-corrected chi connectivity index (χ2v) is 6.64. The van der Waals surface area contributed by atoms with Crippen LogP contribution < -0.4 is 10.6 Å². The van der Waals surface area contributed by atoms with Crippen molar-refractivity contribution in [2.75, 3.05) is 38.7 Å². The number of hydrogen-bond acceptors (Lipinski definition) is 3. The molecule has 2 N–H and O–H groups in total. The highest BCUT2D eigenvalue weighted by atomic mass is 16.5. The third-order valence-corrected chi connectivity index (χ3v) is 4.48. The van der Waals surface area contributed by atoms with E-state index in [2.05, 4.69) is 10.6 Å². The van der Waals surface area contributed by atoms with Crippen LogP contribution in [0.15, 0.2) is 24.3 Å². The molecule has 1 aromatic rings. The fourth-order valence-electron chi connectivity index (χ4n) is 3.13. The summed E-state index contributed by atoms with van der Waals surface area (Å²) in [4.78, 5) is 26.1. The van der Waals surface area contributed by atoms with Crippen molar-refractivity contribution in [1.82, 2.24) is 10.2 Å². The average Bonchev–Trinajstić information content (AvgIpc) is 2.60. The number of ether oxygens (including phenoxy) is 1. The number of rotatable bonds is 7. The Morgan fingerprint density at radius 1 is 1.36 bits per heavy atom. The Morgan fingerprint density at radius 2 is 2.20 bits per heavy atom. The molecule has 3 amide bonds. The van der Waals surface area contributed by atoms with E-state index in [1.165, 1.54) is 0 Å². The maximum atomic E-state index is 12.5. The van der Waals surface area contributed by atoms with Gasteiger partial charge in [-0.05, 0) is 49.8 Å². The van der Waals surface area contributed by atoms with E-state index in [1.807, 2.05) is 36.1 Å². The number of hydrogen-bond donors (Lipinski definition) is 2. The maximum absolute atomic E-state index is 12.5. The zero-order valence-electron chi connectivity index (χ0n) is 15.2. The molecular formula is C19H29N3O3. The topological polar surface area (TPSA) is 70.7 Å². The summed E-state index contributed by atoms with van der Waals surface area (Å²) in [6, 6.07) is 7.75. The number of nitrogens with zero attached hydrogens (tertiary/aromatic N) is 1. The lowest BCUT2D eigenvalue weighted by Gasteiger charge is -2.32. The molecule has 0 saturated carbocycles.